The van der Waals surface area contributed by atoms with Crippen molar-refractivity contribution in [2.75, 3.05) is 24.6 Å². The van der Waals surface area contributed by atoms with Gasteiger partial charge in [0.05, 0.1) is 17.8 Å². The van der Waals surface area contributed by atoms with Gasteiger partial charge in [0.2, 0.25) is 5.95 Å². The minimum atomic E-state index is -3.06. The highest BCUT2D eigenvalue weighted by atomic mass is 19.3. The summed E-state index contributed by atoms with van der Waals surface area (Å²) in [5, 5.41) is 12.7. The van der Waals surface area contributed by atoms with Crippen molar-refractivity contribution in [2.24, 2.45) is 0 Å². The summed E-state index contributed by atoms with van der Waals surface area (Å²) in [4.78, 5) is 37.3. The lowest BCUT2D eigenvalue weighted by Crippen LogP contribution is -2.59. The number of urea groups is 1. The number of ether oxygens (including phenoxy) is 1. The number of aliphatic hydroxyl groups excluding tert-OH is 1. The molecule has 35 heavy (non-hydrogen) atoms. The SMILES string of the molecule is CCCN1C(=O)N[C@]2(COc3cc(-c4nc(N5C[C@@H](O)[C@@H]5C)nc5c4CCC5(F)F)ccc32)C1=O. The molecule has 3 amide bonds. The number of hydrogen-bond donors (Lipinski definition) is 2. The van der Waals surface area contributed by atoms with Crippen LogP contribution in [0, 0.1) is 0 Å². The zero-order valence-electron chi connectivity index (χ0n) is 19.3. The van der Waals surface area contributed by atoms with E-state index in [1.807, 2.05) is 6.92 Å². The van der Waals surface area contributed by atoms with Crippen molar-refractivity contribution < 1.29 is 28.2 Å². The highest BCUT2D eigenvalue weighted by molar-refractivity contribution is 6.08. The first-order chi connectivity index (χ1) is 16.7. The third-order valence-electron chi connectivity index (χ3n) is 7.50. The number of β-amino-alcohol motifs (C(OH)–C–C–N with tert-alkyl or cyclic N) is 1. The fourth-order valence-electron chi connectivity index (χ4n) is 5.37. The molecule has 6 rings (SSSR count). The number of hydrogen-bond acceptors (Lipinski definition) is 7. The average Bonchev–Trinajstić information content (AvgIpc) is 3.44. The Bertz CT molecular complexity index is 1270. The van der Waals surface area contributed by atoms with Crippen LogP contribution in [0.5, 0.6) is 5.75 Å². The molecule has 11 heteroatoms. The van der Waals surface area contributed by atoms with Crippen molar-refractivity contribution in [2.45, 2.75) is 56.7 Å². The molecule has 4 heterocycles. The van der Waals surface area contributed by atoms with Gasteiger partial charge >= 0.3 is 6.03 Å². The van der Waals surface area contributed by atoms with Crippen LogP contribution in [-0.2, 0) is 22.7 Å². The Morgan fingerprint density at radius 3 is 2.80 bits per heavy atom. The Kier molecular flexibility index (Phi) is 4.64. The van der Waals surface area contributed by atoms with Crippen molar-refractivity contribution in [3.8, 4) is 17.0 Å². The van der Waals surface area contributed by atoms with Crippen LogP contribution in [0.15, 0.2) is 18.2 Å². The van der Waals surface area contributed by atoms with E-state index in [0.717, 1.165) is 0 Å². The summed E-state index contributed by atoms with van der Waals surface area (Å²) in [5.41, 5.74) is 0.312. The van der Waals surface area contributed by atoms with E-state index < -0.39 is 23.6 Å². The highest BCUT2D eigenvalue weighted by Crippen LogP contribution is 2.47. The van der Waals surface area contributed by atoms with E-state index in [-0.39, 0.29) is 49.6 Å². The summed E-state index contributed by atoms with van der Waals surface area (Å²) in [6, 6.07) is 4.37. The van der Waals surface area contributed by atoms with Gasteiger partial charge in [-0.1, -0.05) is 19.1 Å². The van der Waals surface area contributed by atoms with Crippen molar-refractivity contribution in [1.82, 2.24) is 20.2 Å². The van der Waals surface area contributed by atoms with Gasteiger partial charge in [0.25, 0.3) is 11.8 Å². The first-order valence-corrected chi connectivity index (χ1v) is 11.8. The smallest absolute Gasteiger partial charge is 0.325 e. The lowest BCUT2D eigenvalue weighted by molar-refractivity contribution is -0.132. The molecule has 1 aromatic carbocycles. The number of carbonyl (C=O) groups is 2. The summed E-state index contributed by atoms with van der Waals surface area (Å²) in [7, 11) is 0. The standard InChI is InChI=1S/C24H25F2N5O4/c1-3-8-30-20(33)23(29-22(30)34)11-35-17-9-13(4-5-15(17)23)18-14-6-7-24(25,26)19(14)28-21(27-18)31-10-16(32)12(31)2/h4-5,9,12,16,32H,3,6-8,10-11H2,1-2H3,(H,29,34)/t12-,16+,23-/m0/s1. The molecular weight excluding hydrogens is 460 g/mol. The number of nitrogens with zero attached hydrogens (tertiary/aromatic N) is 4. The summed E-state index contributed by atoms with van der Waals surface area (Å²) >= 11 is 0. The molecule has 4 aliphatic rings. The Balaban J connectivity index is 1.42. The lowest BCUT2D eigenvalue weighted by Gasteiger charge is -2.43. The number of amides is 3. The molecule has 9 nitrogen and oxygen atoms in total. The van der Waals surface area contributed by atoms with Gasteiger partial charge in [-0.3, -0.25) is 9.69 Å². The van der Waals surface area contributed by atoms with Crippen LogP contribution >= 0.6 is 0 Å². The fraction of sp³-hybridized carbons (Fsp3) is 0.500. The van der Waals surface area contributed by atoms with Gasteiger partial charge in [0, 0.05) is 36.2 Å². The van der Waals surface area contributed by atoms with Gasteiger partial charge in [0.15, 0.2) is 5.54 Å². The Hall–Kier alpha value is -3.34. The fourth-order valence-corrected chi connectivity index (χ4v) is 5.37. The van der Waals surface area contributed by atoms with E-state index in [9.17, 15) is 23.5 Å². The third kappa shape index (κ3) is 3.00. The zero-order chi connectivity index (χ0) is 24.7. The largest absolute Gasteiger partial charge is 0.490 e. The molecule has 1 spiro atoms. The van der Waals surface area contributed by atoms with E-state index in [4.69, 9.17) is 4.74 Å². The van der Waals surface area contributed by atoms with E-state index in [1.165, 1.54) is 4.90 Å². The van der Waals surface area contributed by atoms with Crippen LogP contribution in [0.3, 0.4) is 0 Å². The van der Waals surface area contributed by atoms with E-state index in [2.05, 4.69) is 15.3 Å². The minimum Gasteiger partial charge on any atom is -0.490 e. The summed E-state index contributed by atoms with van der Waals surface area (Å²) in [5.74, 6) is -2.86. The number of halogens is 2. The van der Waals surface area contributed by atoms with Gasteiger partial charge in [-0.05, 0) is 25.8 Å². The first kappa shape index (κ1) is 22.1. The summed E-state index contributed by atoms with van der Waals surface area (Å²) in [6.45, 7) is 4.23. The number of fused-ring (bicyclic) bond motifs is 3. The molecule has 0 radical (unpaired) electrons. The van der Waals surface area contributed by atoms with Crippen LogP contribution in [0.4, 0.5) is 19.5 Å². The number of aromatic nitrogens is 2. The Morgan fingerprint density at radius 1 is 1.29 bits per heavy atom. The second kappa shape index (κ2) is 7.33. The zero-order valence-corrected chi connectivity index (χ0v) is 19.3. The molecule has 2 fully saturated rings. The maximum absolute atomic E-state index is 14.7. The van der Waals surface area contributed by atoms with Gasteiger partial charge in [-0.25, -0.2) is 14.8 Å². The van der Waals surface area contributed by atoms with Gasteiger partial charge in [0.1, 0.15) is 18.1 Å². The number of aliphatic hydroxyl groups is 1. The van der Waals surface area contributed by atoms with Gasteiger partial charge in [-0.2, -0.15) is 8.78 Å². The highest BCUT2D eigenvalue weighted by Gasteiger charge is 2.57. The molecule has 0 unspecified atom stereocenters. The van der Waals surface area contributed by atoms with Gasteiger partial charge < -0.3 is 20.1 Å². The number of benzene rings is 1. The molecule has 3 aliphatic heterocycles. The summed E-state index contributed by atoms with van der Waals surface area (Å²) < 4.78 is 35.3. The quantitative estimate of drug-likeness (QED) is 0.640. The molecule has 2 aromatic rings. The maximum atomic E-state index is 14.7. The predicted octanol–water partition coefficient (Wildman–Crippen LogP) is 2.30. The summed E-state index contributed by atoms with van der Waals surface area (Å²) in [6.07, 6.45) is -0.130. The van der Waals surface area contributed by atoms with E-state index in [0.29, 0.717) is 41.1 Å². The van der Waals surface area contributed by atoms with Crippen LogP contribution < -0.4 is 15.0 Å². The molecule has 184 valence electrons. The molecule has 0 saturated carbocycles. The average molecular weight is 485 g/mol. The van der Waals surface area contributed by atoms with Crippen molar-refractivity contribution in [3.63, 3.8) is 0 Å². The second-order valence-electron chi connectivity index (χ2n) is 9.66. The monoisotopic (exact) mass is 485 g/mol. The number of rotatable bonds is 4. The first-order valence-electron chi connectivity index (χ1n) is 11.8. The van der Waals surface area contributed by atoms with Crippen molar-refractivity contribution in [1.29, 1.82) is 0 Å². The normalized spacial score (nSPS) is 28.1. The minimum absolute atomic E-state index is 0.0367. The third-order valence-corrected chi connectivity index (χ3v) is 7.50. The number of anilines is 1. The van der Waals surface area contributed by atoms with Crippen molar-refractivity contribution >= 4 is 17.9 Å². The van der Waals surface area contributed by atoms with Crippen LogP contribution in [0.1, 0.15) is 43.5 Å². The van der Waals surface area contributed by atoms with E-state index >= 15 is 0 Å². The number of nitrogens with one attached hydrogen (secondary N) is 1. The van der Waals surface area contributed by atoms with Gasteiger partial charge in [-0.15, -0.1) is 0 Å². The van der Waals surface area contributed by atoms with Crippen LogP contribution in [0.2, 0.25) is 0 Å². The molecule has 3 atom stereocenters. The Morgan fingerprint density at radius 2 is 2.09 bits per heavy atom. The molecule has 2 saturated heterocycles. The molecule has 1 aliphatic carbocycles. The molecule has 1 aromatic heterocycles. The topological polar surface area (TPSA) is 108 Å². The predicted molar refractivity (Wildman–Crippen MR) is 120 cm³/mol. The number of imide groups is 1. The Labute approximate surface area is 200 Å². The van der Waals surface area contributed by atoms with Crippen molar-refractivity contribution in [3.05, 3.63) is 35.0 Å². The number of alkyl halides is 2. The maximum Gasteiger partial charge on any atom is 0.325 e. The second-order valence-corrected chi connectivity index (χ2v) is 9.66. The van der Waals surface area contributed by atoms with Crippen LogP contribution in [-0.4, -0.2) is 63.8 Å². The molecule has 0 bridgehead atoms. The lowest BCUT2D eigenvalue weighted by atomic mass is 9.90. The van der Waals surface area contributed by atoms with Crippen LogP contribution in [0.25, 0.3) is 11.3 Å². The number of carbonyl (C=O) groups excluding carboxylic acids is 2. The molecule has 2 N–H and O–H groups in total. The van der Waals surface area contributed by atoms with E-state index in [1.54, 1.807) is 30.0 Å². The molecular formula is C24H25F2N5O4.